The summed E-state index contributed by atoms with van der Waals surface area (Å²) in [6, 6.07) is 12.5. The Morgan fingerprint density at radius 3 is 2.58 bits per heavy atom. The van der Waals surface area contributed by atoms with Crippen LogP contribution in [0.15, 0.2) is 36.4 Å². The number of hydrogen-bond donors (Lipinski definition) is 1. The molecule has 0 amide bonds. The predicted octanol–water partition coefficient (Wildman–Crippen LogP) is 4.01. The molecule has 2 heteroatoms. The van der Waals surface area contributed by atoms with Gasteiger partial charge in [-0.25, -0.2) is 0 Å². The molecule has 2 rings (SSSR count). The normalized spacial score (nSPS) is 13.7. The maximum Gasteiger partial charge on any atom is 0.0705 e. The minimum atomic E-state index is 0.351. The smallest absolute Gasteiger partial charge is 0.0705 e. The Hall–Kier alpha value is -1.41. The Bertz CT molecular complexity index is 540. The number of nitrogens with one attached hydrogen (secondary N) is 1. The van der Waals surface area contributed by atoms with Crippen LogP contribution in [-0.2, 0) is 6.54 Å². The van der Waals surface area contributed by atoms with E-state index >= 15 is 0 Å². The van der Waals surface area contributed by atoms with E-state index in [0.29, 0.717) is 11.3 Å². The van der Waals surface area contributed by atoms with E-state index in [1.165, 1.54) is 5.39 Å². The first-order chi connectivity index (χ1) is 8.97. The van der Waals surface area contributed by atoms with Gasteiger partial charge >= 0.3 is 0 Å². The molecule has 19 heavy (non-hydrogen) atoms. The highest BCUT2D eigenvalue weighted by Crippen LogP contribution is 2.24. The average Bonchev–Trinajstić information content (AvgIpc) is 2.37. The molecule has 1 aromatic heterocycles. The number of para-hydroxylation sites is 1. The van der Waals surface area contributed by atoms with E-state index in [-0.39, 0.29) is 0 Å². The van der Waals surface area contributed by atoms with E-state index in [1.807, 2.05) is 12.1 Å². The number of rotatable bonds is 4. The first-order valence-corrected chi connectivity index (χ1v) is 7.02. The lowest BCUT2D eigenvalue weighted by Gasteiger charge is -2.27. The van der Waals surface area contributed by atoms with E-state index in [0.717, 1.165) is 24.3 Å². The molecule has 0 aliphatic rings. The minimum Gasteiger partial charge on any atom is -0.311 e. The maximum absolute atomic E-state index is 4.67. The lowest BCUT2D eigenvalue weighted by molar-refractivity contribution is 0.252. The van der Waals surface area contributed by atoms with Crippen LogP contribution in [0.2, 0.25) is 0 Å². The topological polar surface area (TPSA) is 24.9 Å². The second-order valence-corrected chi connectivity index (χ2v) is 6.39. The molecule has 1 unspecified atom stereocenters. The monoisotopic (exact) mass is 256 g/mol. The number of hydrogen-bond acceptors (Lipinski definition) is 2. The summed E-state index contributed by atoms with van der Waals surface area (Å²) in [5.74, 6) is 0.646. The molecule has 2 nitrogen and oxygen atoms in total. The number of nitrogens with zero attached hydrogens (tertiary/aromatic N) is 1. The summed E-state index contributed by atoms with van der Waals surface area (Å²) in [6.45, 7) is 11.0. The average molecular weight is 256 g/mol. The molecule has 2 aromatic rings. The van der Waals surface area contributed by atoms with Crippen molar-refractivity contribution in [1.82, 2.24) is 10.3 Å². The van der Waals surface area contributed by atoms with Gasteiger partial charge in [-0.05, 0) is 30.0 Å². The zero-order chi connectivity index (χ0) is 13.9. The molecule has 102 valence electrons. The second-order valence-electron chi connectivity index (χ2n) is 6.39. The highest BCUT2D eigenvalue weighted by molar-refractivity contribution is 5.78. The molecule has 0 bridgehead atoms. The van der Waals surface area contributed by atoms with Crippen molar-refractivity contribution in [2.24, 2.45) is 11.3 Å². The second kappa shape index (κ2) is 5.70. The van der Waals surface area contributed by atoms with Crippen molar-refractivity contribution in [2.45, 2.75) is 34.2 Å². The molecular weight excluding hydrogens is 232 g/mol. The first-order valence-electron chi connectivity index (χ1n) is 7.02. The van der Waals surface area contributed by atoms with Crippen molar-refractivity contribution in [3.8, 4) is 0 Å². The van der Waals surface area contributed by atoms with Crippen LogP contribution in [0.5, 0.6) is 0 Å². The number of fused-ring (bicyclic) bond motifs is 1. The Kier molecular flexibility index (Phi) is 4.20. The van der Waals surface area contributed by atoms with E-state index in [4.69, 9.17) is 0 Å². The van der Waals surface area contributed by atoms with Crippen LogP contribution in [0.3, 0.4) is 0 Å². The first kappa shape index (κ1) is 14.0. The van der Waals surface area contributed by atoms with Gasteiger partial charge in [0.05, 0.1) is 11.2 Å². The number of benzene rings is 1. The third-order valence-electron chi connectivity index (χ3n) is 3.89. The van der Waals surface area contributed by atoms with Gasteiger partial charge in [-0.1, -0.05) is 52.0 Å². The quantitative estimate of drug-likeness (QED) is 0.894. The zero-order valence-corrected chi connectivity index (χ0v) is 12.4. The Labute approximate surface area is 116 Å². The van der Waals surface area contributed by atoms with Crippen LogP contribution in [0, 0.1) is 11.3 Å². The van der Waals surface area contributed by atoms with Crippen LogP contribution in [0.1, 0.15) is 33.4 Å². The fraction of sp³-hybridized carbons (Fsp3) is 0.471. The lowest BCUT2D eigenvalue weighted by Crippen LogP contribution is -2.29. The summed E-state index contributed by atoms with van der Waals surface area (Å²) < 4.78 is 0. The summed E-state index contributed by atoms with van der Waals surface area (Å²) in [6.07, 6.45) is 0. The van der Waals surface area contributed by atoms with Gasteiger partial charge in [-0.15, -0.1) is 0 Å². The van der Waals surface area contributed by atoms with Gasteiger partial charge in [0.1, 0.15) is 0 Å². The highest BCUT2D eigenvalue weighted by atomic mass is 14.9. The predicted molar refractivity (Wildman–Crippen MR) is 82.1 cm³/mol. The Balaban J connectivity index is 1.95. The van der Waals surface area contributed by atoms with Gasteiger partial charge in [0.25, 0.3) is 0 Å². The van der Waals surface area contributed by atoms with Crippen LogP contribution in [0.4, 0.5) is 0 Å². The summed E-state index contributed by atoms with van der Waals surface area (Å²) in [5.41, 5.74) is 2.54. The fourth-order valence-corrected chi connectivity index (χ4v) is 1.93. The molecule has 0 saturated carbocycles. The maximum atomic E-state index is 4.67. The molecule has 1 aromatic carbocycles. The summed E-state index contributed by atoms with van der Waals surface area (Å²) in [5, 5.41) is 4.71. The molecule has 0 aliphatic carbocycles. The minimum absolute atomic E-state index is 0.351. The molecule has 1 heterocycles. The van der Waals surface area contributed by atoms with Crippen LogP contribution in [-0.4, -0.2) is 11.5 Å². The Morgan fingerprint density at radius 2 is 1.84 bits per heavy atom. The molecule has 0 aliphatic heterocycles. The van der Waals surface area contributed by atoms with Crippen molar-refractivity contribution in [1.29, 1.82) is 0 Å². The molecule has 0 fully saturated rings. The summed E-state index contributed by atoms with van der Waals surface area (Å²) in [4.78, 5) is 4.67. The largest absolute Gasteiger partial charge is 0.311 e. The van der Waals surface area contributed by atoms with Gasteiger partial charge in [-0.3, -0.25) is 4.98 Å². The van der Waals surface area contributed by atoms with Crippen molar-refractivity contribution in [3.63, 3.8) is 0 Å². The highest BCUT2D eigenvalue weighted by Gasteiger charge is 2.19. The number of pyridine rings is 1. The molecule has 0 spiro atoms. The third-order valence-corrected chi connectivity index (χ3v) is 3.89. The van der Waals surface area contributed by atoms with Gasteiger partial charge in [0.15, 0.2) is 0 Å². The van der Waals surface area contributed by atoms with Gasteiger partial charge < -0.3 is 5.32 Å². The van der Waals surface area contributed by atoms with E-state index in [9.17, 15) is 0 Å². The standard InChI is InChI=1S/C17H24N2/c1-13(17(2,3)4)11-18-12-15-10-9-14-7-5-6-8-16(14)19-15/h5-10,13,18H,11-12H2,1-4H3. The molecule has 0 radical (unpaired) electrons. The van der Waals surface area contributed by atoms with Crippen LogP contribution in [0.25, 0.3) is 10.9 Å². The van der Waals surface area contributed by atoms with E-state index in [1.54, 1.807) is 0 Å². The van der Waals surface area contributed by atoms with Crippen LogP contribution < -0.4 is 5.32 Å². The fourth-order valence-electron chi connectivity index (χ4n) is 1.93. The molecule has 0 saturated heterocycles. The molecule has 1 atom stereocenters. The molecular formula is C17H24N2. The van der Waals surface area contributed by atoms with Gasteiger partial charge in [0.2, 0.25) is 0 Å². The Morgan fingerprint density at radius 1 is 1.11 bits per heavy atom. The van der Waals surface area contributed by atoms with E-state index < -0.39 is 0 Å². The van der Waals surface area contributed by atoms with Crippen molar-refractivity contribution in [2.75, 3.05) is 6.54 Å². The lowest BCUT2D eigenvalue weighted by atomic mass is 9.82. The van der Waals surface area contributed by atoms with Crippen molar-refractivity contribution < 1.29 is 0 Å². The van der Waals surface area contributed by atoms with Gasteiger partial charge in [0, 0.05) is 11.9 Å². The number of aromatic nitrogens is 1. The van der Waals surface area contributed by atoms with Crippen molar-refractivity contribution >= 4 is 10.9 Å². The zero-order valence-electron chi connectivity index (χ0n) is 12.4. The SMILES string of the molecule is CC(CNCc1ccc2ccccc2n1)C(C)(C)C. The third kappa shape index (κ3) is 3.77. The molecule has 1 N–H and O–H groups in total. The van der Waals surface area contributed by atoms with E-state index in [2.05, 4.69) is 62.3 Å². The summed E-state index contributed by atoms with van der Waals surface area (Å²) >= 11 is 0. The van der Waals surface area contributed by atoms with Crippen molar-refractivity contribution in [3.05, 3.63) is 42.1 Å². The van der Waals surface area contributed by atoms with Crippen LogP contribution >= 0.6 is 0 Å². The summed E-state index contributed by atoms with van der Waals surface area (Å²) in [7, 11) is 0. The van der Waals surface area contributed by atoms with Gasteiger partial charge in [-0.2, -0.15) is 0 Å².